The summed E-state index contributed by atoms with van der Waals surface area (Å²) < 4.78 is 28.2. The Morgan fingerprint density at radius 1 is 1.10 bits per heavy atom. The summed E-state index contributed by atoms with van der Waals surface area (Å²) in [6.45, 7) is 1.45. The van der Waals surface area contributed by atoms with Crippen LogP contribution in [0.25, 0.3) is 11.1 Å². The van der Waals surface area contributed by atoms with E-state index in [1.165, 1.54) is 36.5 Å². The summed E-state index contributed by atoms with van der Waals surface area (Å²) in [6.07, 6.45) is 4.91. The minimum atomic E-state index is -0.705. The fraction of sp³-hybridized carbons (Fsp3) is 0.227. The first-order chi connectivity index (χ1) is 14.5. The topological polar surface area (TPSA) is 84.1 Å². The highest BCUT2D eigenvalue weighted by atomic mass is 19.1. The zero-order chi connectivity index (χ0) is 21.1. The predicted octanol–water partition coefficient (Wildman–Crippen LogP) is 3.60. The summed E-state index contributed by atoms with van der Waals surface area (Å²) in [7, 11) is 0. The molecule has 1 saturated heterocycles. The Labute approximate surface area is 172 Å². The van der Waals surface area contributed by atoms with Crippen molar-refractivity contribution in [3.05, 3.63) is 72.2 Å². The Bertz CT molecular complexity index is 1050. The van der Waals surface area contributed by atoms with E-state index in [1.807, 2.05) is 4.90 Å². The quantitative estimate of drug-likeness (QED) is 0.688. The van der Waals surface area contributed by atoms with Crippen LogP contribution in [0.2, 0.25) is 0 Å². The zero-order valence-corrected chi connectivity index (χ0v) is 16.2. The van der Waals surface area contributed by atoms with Gasteiger partial charge in [0.25, 0.3) is 5.91 Å². The lowest BCUT2D eigenvalue weighted by atomic mass is 10.0. The number of pyridine rings is 2. The predicted molar refractivity (Wildman–Crippen MR) is 111 cm³/mol. The fourth-order valence-corrected chi connectivity index (χ4v) is 3.62. The Morgan fingerprint density at radius 3 is 2.67 bits per heavy atom. The van der Waals surface area contributed by atoms with Gasteiger partial charge in [0.2, 0.25) is 0 Å². The number of amides is 1. The summed E-state index contributed by atoms with van der Waals surface area (Å²) in [5.74, 6) is -1.27. The van der Waals surface area contributed by atoms with Gasteiger partial charge in [-0.25, -0.2) is 13.8 Å². The van der Waals surface area contributed by atoms with Gasteiger partial charge >= 0.3 is 0 Å². The standard InChI is InChI=1S/C22H21F2N5O/c23-16-5-1-6-17(24)20(16)14-8-10-26-19(12-14)22(30)28-18-7-2-9-27-21(18)29-11-3-4-15(25)13-29/h1-2,5-10,12,15H,3-4,11,13,25H2,(H,28,30)/t15-/m0/s1. The molecule has 4 rings (SSSR count). The SMILES string of the molecule is N[C@H]1CCCN(c2ncccc2NC(=O)c2cc(-c3c(F)cccc3F)ccn2)C1. The van der Waals surface area contributed by atoms with Gasteiger partial charge < -0.3 is 16.0 Å². The van der Waals surface area contributed by atoms with E-state index in [-0.39, 0.29) is 22.9 Å². The van der Waals surface area contributed by atoms with E-state index in [0.29, 0.717) is 18.1 Å². The molecule has 1 aliphatic heterocycles. The lowest BCUT2D eigenvalue weighted by molar-refractivity contribution is 0.102. The molecule has 3 heterocycles. The van der Waals surface area contributed by atoms with Crippen molar-refractivity contribution in [2.75, 3.05) is 23.3 Å². The highest BCUT2D eigenvalue weighted by Crippen LogP contribution is 2.28. The maximum absolute atomic E-state index is 14.1. The molecular weight excluding hydrogens is 388 g/mol. The van der Waals surface area contributed by atoms with Gasteiger partial charge in [-0.15, -0.1) is 0 Å². The molecule has 1 aromatic carbocycles. The minimum absolute atomic E-state index is 0.0419. The van der Waals surface area contributed by atoms with Crippen molar-refractivity contribution in [3.63, 3.8) is 0 Å². The van der Waals surface area contributed by atoms with Crippen molar-refractivity contribution in [1.29, 1.82) is 0 Å². The number of nitrogens with one attached hydrogen (secondary N) is 1. The number of benzene rings is 1. The summed E-state index contributed by atoms with van der Waals surface area (Å²) in [4.78, 5) is 23.4. The van der Waals surface area contributed by atoms with E-state index in [2.05, 4.69) is 15.3 Å². The summed E-state index contributed by atoms with van der Waals surface area (Å²) >= 11 is 0. The van der Waals surface area contributed by atoms with Crippen LogP contribution in [0.1, 0.15) is 23.3 Å². The molecule has 2 aromatic heterocycles. The highest BCUT2D eigenvalue weighted by molar-refractivity contribution is 6.05. The lowest BCUT2D eigenvalue weighted by Crippen LogP contribution is -2.43. The van der Waals surface area contributed by atoms with Crippen LogP contribution in [0, 0.1) is 11.6 Å². The average Bonchev–Trinajstić information content (AvgIpc) is 2.74. The van der Waals surface area contributed by atoms with Gasteiger partial charge in [0.15, 0.2) is 5.82 Å². The first kappa shape index (κ1) is 19.9. The smallest absolute Gasteiger partial charge is 0.274 e. The molecule has 0 bridgehead atoms. The number of hydrogen-bond donors (Lipinski definition) is 2. The third kappa shape index (κ3) is 4.13. The molecule has 0 saturated carbocycles. The van der Waals surface area contributed by atoms with Crippen LogP contribution >= 0.6 is 0 Å². The molecule has 6 nitrogen and oxygen atoms in total. The maximum atomic E-state index is 14.1. The fourth-order valence-electron chi connectivity index (χ4n) is 3.62. The van der Waals surface area contributed by atoms with E-state index >= 15 is 0 Å². The maximum Gasteiger partial charge on any atom is 0.274 e. The molecule has 8 heteroatoms. The number of carbonyl (C=O) groups is 1. The number of halogens is 2. The van der Waals surface area contributed by atoms with E-state index in [4.69, 9.17) is 5.73 Å². The van der Waals surface area contributed by atoms with Crippen molar-refractivity contribution < 1.29 is 13.6 Å². The van der Waals surface area contributed by atoms with Crippen LogP contribution in [0.3, 0.4) is 0 Å². The van der Waals surface area contributed by atoms with Gasteiger partial charge in [-0.1, -0.05) is 6.07 Å². The number of anilines is 2. The lowest BCUT2D eigenvalue weighted by Gasteiger charge is -2.32. The minimum Gasteiger partial charge on any atom is -0.353 e. The number of hydrogen-bond acceptors (Lipinski definition) is 5. The number of piperidine rings is 1. The first-order valence-electron chi connectivity index (χ1n) is 9.70. The number of nitrogens with two attached hydrogens (primary N) is 1. The van der Waals surface area contributed by atoms with Gasteiger partial charge in [-0.05, 0) is 54.8 Å². The zero-order valence-electron chi connectivity index (χ0n) is 16.2. The van der Waals surface area contributed by atoms with Crippen LogP contribution in [-0.2, 0) is 0 Å². The van der Waals surface area contributed by atoms with E-state index < -0.39 is 17.5 Å². The van der Waals surface area contributed by atoms with Gasteiger partial charge in [0, 0.05) is 31.5 Å². The number of carbonyl (C=O) groups excluding carboxylic acids is 1. The van der Waals surface area contributed by atoms with Crippen LogP contribution in [0.5, 0.6) is 0 Å². The van der Waals surface area contributed by atoms with Gasteiger partial charge in [0.05, 0.1) is 11.3 Å². The number of aromatic nitrogens is 2. The number of nitrogens with zero attached hydrogens (tertiary/aromatic N) is 3. The van der Waals surface area contributed by atoms with Crippen LogP contribution in [0.4, 0.5) is 20.3 Å². The molecule has 0 radical (unpaired) electrons. The molecule has 1 amide bonds. The first-order valence-corrected chi connectivity index (χ1v) is 9.70. The molecule has 154 valence electrons. The molecule has 1 aliphatic rings. The normalized spacial score (nSPS) is 16.4. The molecule has 3 aromatic rings. The third-order valence-corrected chi connectivity index (χ3v) is 5.04. The Hall–Kier alpha value is -3.39. The molecule has 1 atom stereocenters. The second-order valence-electron chi connectivity index (χ2n) is 7.20. The second-order valence-corrected chi connectivity index (χ2v) is 7.20. The van der Waals surface area contributed by atoms with Crippen molar-refractivity contribution in [1.82, 2.24) is 9.97 Å². The van der Waals surface area contributed by atoms with E-state index in [0.717, 1.165) is 19.4 Å². The van der Waals surface area contributed by atoms with Gasteiger partial charge in [-0.3, -0.25) is 9.78 Å². The van der Waals surface area contributed by atoms with Gasteiger partial charge in [-0.2, -0.15) is 0 Å². The Balaban J connectivity index is 1.60. The van der Waals surface area contributed by atoms with Gasteiger partial charge in [0.1, 0.15) is 17.3 Å². The molecule has 30 heavy (non-hydrogen) atoms. The van der Waals surface area contributed by atoms with Crippen LogP contribution < -0.4 is 16.0 Å². The summed E-state index contributed by atoms with van der Waals surface area (Å²) in [6, 6.07) is 9.99. The average molecular weight is 409 g/mol. The van der Waals surface area contributed by atoms with E-state index in [9.17, 15) is 13.6 Å². The largest absolute Gasteiger partial charge is 0.353 e. The van der Waals surface area contributed by atoms with Crippen molar-refractivity contribution in [3.8, 4) is 11.1 Å². The third-order valence-electron chi connectivity index (χ3n) is 5.04. The molecular formula is C22H21F2N5O. The molecule has 1 fully saturated rings. The van der Waals surface area contributed by atoms with E-state index in [1.54, 1.807) is 18.3 Å². The monoisotopic (exact) mass is 409 g/mol. The van der Waals surface area contributed by atoms with Crippen molar-refractivity contribution >= 4 is 17.4 Å². The highest BCUT2D eigenvalue weighted by Gasteiger charge is 2.22. The van der Waals surface area contributed by atoms with Crippen LogP contribution in [-0.4, -0.2) is 35.0 Å². The Kier molecular flexibility index (Phi) is 5.67. The molecule has 3 N–H and O–H groups in total. The molecule has 0 aliphatic carbocycles. The molecule has 0 spiro atoms. The number of rotatable bonds is 4. The molecule has 0 unspecified atom stereocenters. The Morgan fingerprint density at radius 2 is 1.90 bits per heavy atom. The summed E-state index contributed by atoms with van der Waals surface area (Å²) in [5, 5.41) is 2.81. The van der Waals surface area contributed by atoms with Crippen LogP contribution in [0.15, 0.2) is 54.9 Å². The second kappa shape index (κ2) is 8.54. The van der Waals surface area contributed by atoms with Crippen molar-refractivity contribution in [2.45, 2.75) is 18.9 Å². The van der Waals surface area contributed by atoms with Crippen molar-refractivity contribution in [2.24, 2.45) is 5.73 Å². The summed E-state index contributed by atoms with van der Waals surface area (Å²) in [5.41, 5.74) is 6.68.